The van der Waals surface area contributed by atoms with E-state index in [1.165, 1.54) is 43.8 Å². The van der Waals surface area contributed by atoms with Gasteiger partial charge in [-0.15, -0.1) is 0 Å². The van der Waals surface area contributed by atoms with Crippen molar-refractivity contribution < 1.29 is 9.59 Å². The molecule has 0 aromatic heterocycles. The maximum Gasteiger partial charge on any atom is 0.261 e. The van der Waals surface area contributed by atoms with Gasteiger partial charge >= 0.3 is 0 Å². The zero-order valence-corrected chi connectivity index (χ0v) is 27.2. The molecular weight excluding hydrogens is 578 g/mol. The van der Waals surface area contributed by atoms with Crippen LogP contribution < -0.4 is 5.32 Å². The average molecular weight is 616 g/mol. The van der Waals surface area contributed by atoms with E-state index in [0.717, 1.165) is 35.3 Å². The van der Waals surface area contributed by atoms with Gasteiger partial charge < -0.3 is 5.32 Å². The van der Waals surface area contributed by atoms with Crippen LogP contribution in [0.15, 0.2) is 78.9 Å². The monoisotopic (exact) mass is 615 g/mol. The van der Waals surface area contributed by atoms with Gasteiger partial charge in [0.05, 0.1) is 18.2 Å². The minimum absolute atomic E-state index is 0.0884. The highest BCUT2D eigenvalue weighted by Gasteiger charge is 2.45. The van der Waals surface area contributed by atoms with Gasteiger partial charge in [-0.05, 0) is 100 Å². The Morgan fingerprint density at radius 2 is 1.51 bits per heavy atom. The number of imide groups is 1. The zero-order valence-electron chi connectivity index (χ0n) is 27.2. The van der Waals surface area contributed by atoms with Gasteiger partial charge in [0.15, 0.2) is 0 Å². The quantitative estimate of drug-likeness (QED) is 0.219. The van der Waals surface area contributed by atoms with Gasteiger partial charge in [-0.2, -0.15) is 5.26 Å². The molecular formula is C42H37N3O2. The fourth-order valence-electron chi connectivity index (χ4n) is 8.43. The number of rotatable bonds is 6. The lowest BCUT2D eigenvalue weighted by molar-refractivity contribution is -0.123. The highest BCUT2D eigenvalue weighted by molar-refractivity contribution is 6.31. The Bertz CT molecular complexity index is 2080. The Hall–Kier alpha value is -5.21. The van der Waals surface area contributed by atoms with Crippen LogP contribution in [0, 0.1) is 11.3 Å². The van der Waals surface area contributed by atoms with E-state index >= 15 is 0 Å². The first-order chi connectivity index (χ1) is 22.8. The zero-order chi connectivity index (χ0) is 32.6. The number of carbonyl (C=O) groups excluding carboxylic acids is 2. The molecule has 47 heavy (non-hydrogen) atoms. The Morgan fingerprint density at radius 3 is 2.21 bits per heavy atom. The Balaban J connectivity index is 1.20. The second kappa shape index (κ2) is 11.0. The molecule has 0 saturated carbocycles. The molecule has 232 valence electrons. The predicted octanol–water partition coefficient (Wildman–Crippen LogP) is 9.51. The van der Waals surface area contributed by atoms with Crippen LogP contribution in [0.2, 0.25) is 0 Å². The molecule has 0 bridgehead atoms. The van der Waals surface area contributed by atoms with Crippen LogP contribution in [0.25, 0.3) is 11.6 Å². The Labute approximate surface area is 276 Å². The van der Waals surface area contributed by atoms with Crippen molar-refractivity contribution in [3.05, 3.63) is 140 Å². The van der Waals surface area contributed by atoms with E-state index in [4.69, 9.17) is 0 Å². The largest absolute Gasteiger partial charge is 0.355 e. The van der Waals surface area contributed by atoms with Gasteiger partial charge in [0, 0.05) is 45.5 Å². The van der Waals surface area contributed by atoms with E-state index in [0.29, 0.717) is 16.7 Å². The second-order valence-corrected chi connectivity index (χ2v) is 13.9. The molecule has 0 spiro atoms. The molecule has 2 unspecified atom stereocenters. The number of anilines is 2. The number of fused-ring (bicyclic) bond motifs is 2. The van der Waals surface area contributed by atoms with Crippen LogP contribution in [-0.2, 0) is 11.3 Å². The number of nitrogens with one attached hydrogen (secondary N) is 1. The summed E-state index contributed by atoms with van der Waals surface area (Å²) in [6, 6.07) is 24.6. The van der Waals surface area contributed by atoms with Gasteiger partial charge in [-0.3, -0.25) is 14.5 Å². The minimum Gasteiger partial charge on any atom is -0.355 e. The van der Waals surface area contributed by atoms with Crippen LogP contribution in [0.3, 0.4) is 0 Å². The van der Waals surface area contributed by atoms with Gasteiger partial charge in [-0.1, -0.05) is 76.3 Å². The fraction of sp³-hybridized carbons (Fsp3) is 0.262. The molecule has 1 heterocycles. The number of carbonyl (C=O) groups is 2. The van der Waals surface area contributed by atoms with E-state index in [1.807, 2.05) is 30.3 Å². The smallest absolute Gasteiger partial charge is 0.261 e. The summed E-state index contributed by atoms with van der Waals surface area (Å²) in [5, 5.41) is 12.8. The van der Waals surface area contributed by atoms with E-state index < -0.39 is 0 Å². The van der Waals surface area contributed by atoms with Crippen LogP contribution in [0.1, 0.15) is 130 Å². The van der Waals surface area contributed by atoms with Crippen molar-refractivity contribution in [2.24, 2.45) is 0 Å². The predicted molar refractivity (Wildman–Crippen MR) is 187 cm³/mol. The molecule has 0 fully saturated rings. The summed E-state index contributed by atoms with van der Waals surface area (Å²) < 4.78 is 0. The van der Waals surface area contributed by atoms with Gasteiger partial charge in [0.2, 0.25) is 0 Å². The van der Waals surface area contributed by atoms with Crippen molar-refractivity contribution in [2.75, 3.05) is 5.32 Å². The van der Waals surface area contributed by atoms with Crippen molar-refractivity contribution in [3.63, 3.8) is 0 Å². The third kappa shape index (κ3) is 4.42. The van der Waals surface area contributed by atoms with E-state index in [-0.39, 0.29) is 42.0 Å². The van der Waals surface area contributed by atoms with Crippen LogP contribution in [0.5, 0.6) is 0 Å². The molecule has 2 atom stereocenters. The molecule has 1 N–H and O–H groups in total. The Kier molecular flexibility index (Phi) is 6.81. The number of amides is 2. The van der Waals surface area contributed by atoms with Crippen LogP contribution in [-0.4, -0.2) is 16.7 Å². The summed E-state index contributed by atoms with van der Waals surface area (Å²) in [7, 11) is 0. The molecule has 4 aromatic carbocycles. The third-order valence-corrected chi connectivity index (χ3v) is 10.6. The summed E-state index contributed by atoms with van der Waals surface area (Å²) in [4.78, 5) is 30.1. The fourth-order valence-corrected chi connectivity index (χ4v) is 8.43. The van der Waals surface area contributed by atoms with E-state index in [9.17, 15) is 14.9 Å². The molecule has 2 amide bonds. The van der Waals surface area contributed by atoms with Gasteiger partial charge in [0.1, 0.15) is 0 Å². The second-order valence-electron chi connectivity index (χ2n) is 13.9. The Morgan fingerprint density at radius 1 is 0.830 bits per heavy atom. The minimum atomic E-state index is -0.198. The lowest BCUT2D eigenvalue weighted by Crippen LogP contribution is -2.43. The third-order valence-electron chi connectivity index (χ3n) is 10.6. The highest BCUT2D eigenvalue weighted by Crippen LogP contribution is 2.56. The summed E-state index contributed by atoms with van der Waals surface area (Å²) in [5.74, 6) is 0.420. The SMILES string of the molecule is CC(C)c1cccc(C(C)C)c1CN1C(=O)C2=CCC3c4ccc(Nc5ccc(C#N)cc5)c5c4C(CC=C5)c4ccc(c2c43)C1=O. The normalized spacial score (nSPS) is 18.6. The standard InChI is InChI=1S/C42H37N3O2/c1-23(2)27-7-5-8-28(24(3)4)36(27)22-45-41(46)34-17-15-31-29-9-6-10-33-37(44-26-13-11-25(21-43)12-14-26)20-19-30(38(29)33)32-16-18-35(42(45)47)40(34)39(31)32/h5-8,10-15,17-20,23-24,29,32,44H,9,16,22H2,1-4H3. The summed E-state index contributed by atoms with van der Waals surface area (Å²) in [5.41, 5.74) is 14.4. The highest BCUT2D eigenvalue weighted by atomic mass is 16.2. The summed E-state index contributed by atoms with van der Waals surface area (Å²) >= 11 is 0. The first kappa shape index (κ1) is 29.2. The topological polar surface area (TPSA) is 73.2 Å². The lowest BCUT2D eigenvalue weighted by atomic mass is 9.63. The molecule has 0 radical (unpaired) electrons. The average Bonchev–Trinajstić information content (AvgIpc) is 3.08. The van der Waals surface area contributed by atoms with Crippen molar-refractivity contribution >= 4 is 34.8 Å². The summed E-state index contributed by atoms with van der Waals surface area (Å²) in [6.45, 7) is 8.97. The van der Waals surface area contributed by atoms with Crippen LogP contribution in [0.4, 0.5) is 11.4 Å². The number of nitrogens with zero attached hydrogens (tertiary/aromatic N) is 2. The van der Waals surface area contributed by atoms with Crippen molar-refractivity contribution in [1.82, 2.24) is 4.90 Å². The molecule has 1 aliphatic heterocycles. The maximum absolute atomic E-state index is 14.3. The van der Waals surface area contributed by atoms with Crippen molar-refractivity contribution in [2.45, 2.75) is 70.8 Å². The lowest BCUT2D eigenvalue weighted by Gasteiger charge is -2.42. The number of nitriles is 1. The number of hydrogen-bond donors (Lipinski definition) is 1. The molecule has 4 aliphatic rings. The number of benzene rings is 4. The first-order valence-electron chi connectivity index (χ1n) is 16.7. The molecule has 3 aliphatic carbocycles. The first-order valence-corrected chi connectivity index (χ1v) is 16.7. The van der Waals surface area contributed by atoms with Crippen molar-refractivity contribution in [3.8, 4) is 6.07 Å². The maximum atomic E-state index is 14.3. The molecule has 5 nitrogen and oxygen atoms in total. The van der Waals surface area contributed by atoms with Gasteiger partial charge in [0.25, 0.3) is 11.8 Å². The molecule has 5 heteroatoms. The number of hydrogen-bond acceptors (Lipinski definition) is 4. The van der Waals surface area contributed by atoms with E-state index in [2.05, 4.69) is 93.7 Å². The van der Waals surface area contributed by atoms with Gasteiger partial charge in [-0.25, -0.2) is 0 Å². The molecule has 0 saturated heterocycles. The molecule has 4 aromatic rings. The summed E-state index contributed by atoms with van der Waals surface area (Å²) in [6.07, 6.45) is 8.14. The molecule has 8 rings (SSSR count). The van der Waals surface area contributed by atoms with Crippen molar-refractivity contribution in [1.29, 1.82) is 5.26 Å². The van der Waals surface area contributed by atoms with Crippen LogP contribution >= 0.6 is 0 Å². The number of allylic oxidation sites excluding steroid dienone is 2. The van der Waals surface area contributed by atoms with E-state index in [1.54, 1.807) is 0 Å².